The smallest absolute Gasteiger partial charge is 0.277 e. The van der Waals surface area contributed by atoms with E-state index in [1.165, 1.54) is 0 Å². The highest BCUT2D eigenvalue weighted by Crippen LogP contribution is 2.28. The second kappa shape index (κ2) is 8.07. The first kappa shape index (κ1) is 19.6. The lowest BCUT2D eigenvalue weighted by atomic mass is 10.2. The van der Waals surface area contributed by atoms with Crippen molar-refractivity contribution in [2.45, 2.75) is 13.5 Å². The molecule has 0 aliphatic carbocycles. The zero-order valence-corrected chi connectivity index (χ0v) is 18.0. The van der Waals surface area contributed by atoms with Gasteiger partial charge in [-0.05, 0) is 25.1 Å². The van der Waals surface area contributed by atoms with Crippen molar-refractivity contribution < 1.29 is 4.74 Å². The normalized spacial score (nSPS) is 15.1. The van der Waals surface area contributed by atoms with Crippen LogP contribution in [0.15, 0.2) is 53.3 Å². The molecule has 7 nitrogen and oxygen atoms in total. The molecule has 4 aromatic rings. The molecule has 3 heterocycles. The Bertz CT molecular complexity index is 1280. The number of aromatic nitrogens is 3. The van der Waals surface area contributed by atoms with Crippen LogP contribution in [-0.2, 0) is 6.54 Å². The van der Waals surface area contributed by atoms with Gasteiger partial charge in [0.1, 0.15) is 22.6 Å². The molecule has 2 aromatic heterocycles. The first-order valence-corrected chi connectivity index (χ1v) is 10.7. The minimum absolute atomic E-state index is 0.00589. The van der Waals surface area contributed by atoms with Crippen molar-refractivity contribution in [1.82, 2.24) is 19.4 Å². The molecule has 31 heavy (non-hydrogen) atoms. The zero-order valence-electron chi connectivity index (χ0n) is 18.0. The zero-order chi connectivity index (χ0) is 21.4. The van der Waals surface area contributed by atoms with Crippen molar-refractivity contribution >= 4 is 27.6 Å². The standard InChI is InChI=1S/C24H27N5O2/c1-17-25-22-18-7-3-4-8-19(18)26-23(22)24(30)29(17)16-13-27-11-14-28(15-12-27)20-9-5-6-10-21(20)31-2/h3-10,26H,11-16H2,1-2H3. The number of methoxy groups -OCH3 is 1. The van der Waals surface area contributed by atoms with Gasteiger partial charge in [-0.15, -0.1) is 0 Å². The minimum atomic E-state index is 0.00589. The Labute approximate surface area is 180 Å². The maximum Gasteiger partial charge on any atom is 0.277 e. The Kier molecular flexibility index (Phi) is 5.11. The Hall–Kier alpha value is -3.32. The quantitative estimate of drug-likeness (QED) is 0.541. The van der Waals surface area contributed by atoms with Crippen LogP contribution in [0.5, 0.6) is 5.75 Å². The molecule has 0 amide bonds. The number of ether oxygens (including phenoxy) is 1. The van der Waals surface area contributed by atoms with Crippen LogP contribution in [0.3, 0.4) is 0 Å². The molecule has 0 radical (unpaired) electrons. The van der Waals surface area contributed by atoms with Crippen LogP contribution in [-0.4, -0.2) is 59.3 Å². The molecule has 5 rings (SSSR count). The fourth-order valence-electron chi connectivity index (χ4n) is 4.51. The summed E-state index contributed by atoms with van der Waals surface area (Å²) in [6.45, 7) is 7.16. The number of hydrogen-bond acceptors (Lipinski definition) is 5. The monoisotopic (exact) mass is 417 g/mol. The lowest BCUT2D eigenvalue weighted by Gasteiger charge is -2.36. The summed E-state index contributed by atoms with van der Waals surface area (Å²) in [6, 6.07) is 16.1. The van der Waals surface area contributed by atoms with Crippen molar-refractivity contribution in [3.63, 3.8) is 0 Å². The van der Waals surface area contributed by atoms with Crippen LogP contribution in [0.4, 0.5) is 5.69 Å². The van der Waals surface area contributed by atoms with E-state index in [9.17, 15) is 4.79 Å². The van der Waals surface area contributed by atoms with Gasteiger partial charge in [0, 0.05) is 50.2 Å². The number of aryl methyl sites for hydroxylation is 1. The number of benzene rings is 2. The predicted molar refractivity (Wildman–Crippen MR) is 124 cm³/mol. The number of para-hydroxylation sites is 3. The number of nitrogens with zero attached hydrogens (tertiary/aromatic N) is 4. The lowest BCUT2D eigenvalue weighted by molar-refractivity contribution is 0.245. The third-order valence-electron chi connectivity index (χ3n) is 6.24. The Morgan fingerprint density at radius 3 is 2.55 bits per heavy atom. The Morgan fingerprint density at radius 2 is 1.74 bits per heavy atom. The molecule has 7 heteroatoms. The van der Waals surface area contributed by atoms with Crippen LogP contribution in [0.25, 0.3) is 21.9 Å². The number of piperazine rings is 1. The van der Waals surface area contributed by atoms with Crippen molar-refractivity contribution in [2.75, 3.05) is 44.7 Å². The van der Waals surface area contributed by atoms with Gasteiger partial charge in [0.2, 0.25) is 0 Å². The maximum atomic E-state index is 13.2. The molecule has 1 aliphatic rings. The summed E-state index contributed by atoms with van der Waals surface area (Å²) < 4.78 is 7.31. The molecule has 1 saturated heterocycles. The number of rotatable bonds is 5. The van der Waals surface area contributed by atoms with Gasteiger partial charge in [-0.1, -0.05) is 30.3 Å². The first-order chi connectivity index (χ1) is 15.2. The highest BCUT2D eigenvalue weighted by Gasteiger charge is 2.20. The molecule has 0 atom stereocenters. The van der Waals surface area contributed by atoms with Crippen molar-refractivity contribution in [3.8, 4) is 5.75 Å². The van der Waals surface area contributed by atoms with Gasteiger partial charge in [0.25, 0.3) is 5.56 Å². The molecule has 1 aliphatic heterocycles. The summed E-state index contributed by atoms with van der Waals surface area (Å²) in [6.07, 6.45) is 0. The van der Waals surface area contributed by atoms with Gasteiger partial charge in [0.05, 0.1) is 12.8 Å². The molecule has 160 valence electrons. The Balaban J connectivity index is 1.30. The average Bonchev–Trinajstić information content (AvgIpc) is 3.18. The van der Waals surface area contributed by atoms with Crippen LogP contribution in [0.2, 0.25) is 0 Å². The number of nitrogens with one attached hydrogen (secondary N) is 1. The average molecular weight is 418 g/mol. The van der Waals surface area contributed by atoms with E-state index < -0.39 is 0 Å². The molecule has 1 N–H and O–H groups in total. The van der Waals surface area contributed by atoms with Gasteiger partial charge < -0.3 is 14.6 Å². The molecular weight excluding hydrogens is 390 g/mol. The highest BCUT2D eigenvalue weighted by atomic mass is 16.5. The van der Waals surface area contributed by atoms with E-state index in [2.05, 4.69) is 20.9 Å². The number of fused-ring (bicyclic) bond motifs is 3. The fourth-order valence-corrected chi connectivity index (χ4v) is 4.51. The first-order valence-electron chi connectivity index (χ1n) is 10.7. The van der Waals surface area contributed by atoms with Gasteiger partial charge in [0.15, 0.2) is 0 Å². The van der Waals surface area contributed by atoms with Gasteiger partial charge in [-0.3, -0.25) is 14.3 Å². The van der Waals surface area contributed by atoms with Crippen molar-refractivity contribution in [3.05, 3.63) is 64.7 Å². The SMILES string of the molecule is COc1ccccc1N1CCN(CCn2c(C)nc3c([nH]c4ccccc43)c2=O)CC1. The molecule has 0 saturated carbocycles. The van der Waals surface area contributed by atoms with Crippen molar-refractivity contribution in [2.24, 2.45) is 0 Å². The highest BCUT2D eigenvalue weighted by molar-refractivity contribution is 6.04. The number of anilines is 1. The van der Waals surface area contributed by atoms with Crippen molar-refractivity contribution in [1.29, 1.82) is 0 Å². The second-order valence-electron chi connectivity index (χ2n) is 8.01. The van der Waals surface area contributed by atoms with Crippen LogP contribution in [0, 0.1) is 6.92 Å². The molecule has 1 fully saturated rings. The van der Waals surface area contributed by atoms with E-state index in [-0.39, 0.29) is 5.56 Å². The van der Waals surface area contributed by atoms with Crippen LogP contribution in [0.1, 0.15) is 5.82 Å². The topological polar surface area (TPSA) is 66.4 Å². The summed E-state index contributed by atoms with van der Waals surface area (Å²) in [7, 11) is 1.72. The van der Waals surface area contributed by atoms with E-state index in [4.69, 9.17) is 9.72 Å². The Morgan fingerprint density at radius 1 is 1.00 bits per heavy atom. The van der Waals surface area contributed by atoms with E-state index in [0.717, 1.165) is 66.4 Å². The fraction of sp³-hybridized carbons (Fsp3) is 0.333. The lowest BCUT2D eigenvalue weighted by Crippen LogP contribution is -2.47. The summed E-state index contributed by atoms with van der Waals surface area (Å²) in [5, 5.41) is 0.998. The molecular formula is C24H27N5O2. The summed E-state index contributed by atoms with van der Waals surface area (Å²) in [5.74, 6) is 1.67. The summed E-state index contributed by atoms with van der Waals surface area (Å²) in [4.78, 5) is 25.9. The number of H-pyrrole nitrogens is 1. The van der Waals surface area contributed by atoms with Crippen LogP contribution >= 0.6 is 0 Å². The van der Waals surface area contributed by atoms with Gasteiger partial charge >= 0.3 is 0 Å². The third-order valence-corrected chi connectivity index (χ3v) is 6.24. The summed E-state index contributed by atoms with van der Waals surface area (Å²) in [5.41, 5.74) is 3.45. The van der Waals surface area contributed by atoms with E-state index in [1.54, 1.807) is 11.7 Å². The summed E-state index contributed by atoms with van der Waals surface area (Å²) >= 11 is 0. The van der Waals surface area contributed by atoms with Gasteiger partial charge in [-0.25, -0.2) is 4.98 Å². The molecule has 0 spiro atoms. The van der Waals surface area contributed by atoms with Crippen LogP contribution < -0.4 is 15.2 Å². The number of hydrogen-bond donors (Lipinski definition) is 1. The largest absolute Gasteiger partial charge is 0.495 e. The van der Waals surface area contributed by atoms with E-state index in [0.29, 0.717) is 12.1 Å². The molecule has 0 bridgehead atoms. The molecule has 2 aromatic carbocycles. The number of aromatic amines is 1. The molecule has 0 unspecified atom stereocenters. The second-order valence-corrected chi connectivity index (χ2v) is 8.01. The maximum absolute atomic E-state index is 13.2. The van der Waals surface area contributed by atoms with E-state index in [1.807, 2.05) is 49.4 Å². The van der Waals surface area contributed by atoms with Gasteiger partial charge in [-0.2, -0.15) is 0 Å². The minimum Gasteiger partial charge on any atom is -0.495 e. The van der Waals surface area contributed by atoms with E-state index >= 15 is 0 Å². The predicted octanol–water partition coefficient (Wildman–Crippen LogP) is 3.02. The third kappa shape index (κ3) is 3.55.